The Morgan fingerprint density at radius 1 is 1.35 bits per heavy atom. The third-order valence-corrected chi connectivity index (χ3v) is 5.33. The lowest BCUT2D eigenvalue weighted by Gasteiger charge is -2.59. The molecule has 17 heavy (non-hydrogen) atoms. The van der Waals surface area contributed by atoms with E-state index >= 15 is 0 Å². The van der Waals surface area contributed by atoms with Crippen molar-refractivity contribution in [1.29, 1.82) is 0 Å². The molecule has 0 saturated carbocycles. The molecule has 3 aliphatic rings. The Bertz CT molecular complexity index is 422. The van der Waals surface area contributed by atoms with Gasteiger partial charge in [0, 0.05) is 36.9 Å². The minimum absolute atomic E-state index is 0.500. The van der Waals surface area contributed by atoms with Crippen molar-refractivity contribution in [2.45, 2.75) is 51.6 Å². The van der Waals surface area contributed by atoms with E-state index in [-0.39, 0.29) is 0 Å². The van der Waals surface area contributed by atoms with Crippen LogP contribution >= 0.6 is 0 Å². The van der Waals surface area contributed by atoms with Gasteiger partial charge in [0.15, 0.2) is 0 Å². The van der Waals surface area contributed by atoms with Gasteiger partial charge in [-0.1, -0.05) is 6.92 Å². The van der Waals surface area contributed by atoms with Crippen molar-refractivity contribution in [3.05, 3.63) is 24.0 Å². The Kier molecular flexibility index (Phi) is 2.41. The van der Waals surface area contributed by atoms with Gasteiger partial charge in [-0.3, -0.25) is 4.90 Å². The van der Waals surface area contributed by atoms with Gasteiger partial charge in [-0.05, 0) is 50.8 Å². The quantitative estimate of drug-likeness (QED) is 0.722. The molecular formula is C15H24N2. The van der Waals surface area contributed by atoms with Crippen LogP contribution in [0, 0.1) is 5.41 Å². The monoisotopic (exact) mass is 232 g/mol. The molecule has 0 spiro atoms. The van der Waals surface area contributed by atoms with Crippen LogP contribution in [0.15, 0.2) is 18.3 Å². The summed E-state index contributed by atoms with van der Waals surface area (Å²) in [6, 6.07) is 5.96. The van der Waals surface area contributed by atoms with E-state index in [1.54, 1.807) is 0 Å². The normalized spacial score (nSPS) is 45.2. The van der Waals surface area contributed by atoms with Gasteiger partial charge in [0.05, 0.1) is 0 Å². The second-order valence-electron chi connectivity index (χ2n) is 6.46. The highest BCUT2D eigenvalue weighted by Gasteiger charge is 2.51. The van der Waals surface area contributed by atoms with Crippen LogP contribution in [0.2, 0.25) is 0 Å². The molecule has 5 atom stereocenters. The first-order valence-electron chi connectivity index (χ1n) is 6.90. The van der Waals surface area contributed by atoms with Gasteiger partial charge in [0.1, 0.15) is 0 Å². The molecule has 2 bridgehead atoms. The van der Waals surface area contributed by atoms with E-state index < -0.39 is 0 Å². The molecule has 3 aliphatic heterocycles. The highest BCUT2D eigenvalue weighted by Crippen LogP contribution is 2.54. The third-order valence-electron chi connectivity index (χ3n) is 5.33. The first-order valence-corrected chi connectivity index (χ1v) is 6.90. The average molecular weight is 232 g/mol. The van der Waals surface area contributed by atoms with Gasteiger partial charge in [0.25, 0.3) is 0 Å². The van der Waals surface area contributed by atoms with Crippen molar-refractivity contribution in [3.63, 3.8) is 0 Å². The first kappa shape index (κ1) is 11.3. The van der Waals surface area contributed by atoms with Crippen LogP contribution < -0.4 is 0 Å². The fourth-order valence-electron chi connectivity index (χ4n) is 4.56. The maximum Gasteiger partial charge on any atom is 0.0223 e. The summed E-state index contributed by atoms with van der Waals surface area (Å²) in [7, 11) is 2.19. The van der Waals surface area contributed by atoms with E-state index in [0.29, 0.717) is 17.4 Å². The fraction of sp³-hybridized carbons (Fsp3) is 0.733. The van der Waals surface area contributed by atoms with Gasteiger partial charge in [-0.15, -0.1) is 0 Å². The van der Waals surface area contributed by atoms with Gasteiger partial charge in [-0.25, -0.2) is 0 Å². The summed E-state index contributed by atoms with van der Waals surface area (Å²) in [6.45, 7) is 8.62. The van der Waals surface area contributed by atoms with Crippen LogP contribution in [-0.4, -0.2) is 28.1 Å². The van der Waals surface area contributed by atoms with Crippen molar-refractivity contribution in [2.24, 2.45) is 12.5 Å². The zero-order valence-electron chi connectivity index (χ0n) is 11.5. The second kappa shape index (κ2) is 3.61. The number of hydrogen-bond donors (Lipinski definition) is 0. The lowest BCUT2D eigenvalue weighted by Crippen LogP contribution is -2.60. The van der Waals surface area contributed by atoms with E-state index in [1.165, 1.54) is 25.1 Å². The minimum Gasteiger partial charge on any atom is -0.354 e. The second-order valence-corrected chi connectivity index (χ2v) is 6.46. The molecule has 94 valence electrons. The zero-order valence-corrected chi connectivity index (χ0v) is 11.5. The summed E-state index contributed by atoms with van der Waals surface area (Å²) in [4.78, 5) is 2.71. The Balaban J connectivity index is 2.03. The van der Waals surface area contributed by atoms with Crippen molar-refractivity contribution in [3.8, 4) is 0 Å². The molecule has 2 nitrogen and oxygen atoms in total. The Morgan fingerprint density at radius 2 is 2.12 bits per heavy atom. The SMILES string of the molecule is CC1CC2(C)CCN1[C@H](C)C2c1cccn1C. The molecule has 3 saturated heterocycles. The molecule has 0 aromatic carbocycles. The number of aryl methyl sites for hydroxylation is 1. The Morgan fingerprint density at radius 3 is 2.65 bits per heavy atom. The molecule has 4 heterocycles. The Labute approximate surface area is 105 Å². The summed E-state index contributed by atoms with van der Waals surface area (Å²) in [5.74, 6) is 0.701. The Hall–Kier alpha value is -0.760. The van der Waals surface area contributed by atoms with Crippen LogP contribution in [0.4, 0.5) is 0 Å². The average Bonchev–Trinajstić information content (AvgIpc) is 2.63. The van der Waals surface area contributed by atoms with Crippen LogP contribution in [0.3, 0.4) is 0 Å². The van der Waals surface area contributed by atoms with Crippen molar-refractivity contribution in [2.75, 3.05) is 6.54 Å². The molecule has 0 radical (unpaired) electrons. The van der Waals surface area contributed by atoms with Crippen LogP contribution in [-0.2, 0) is 7.05 Å². The van der Waals surface area contributed by atoms with E-state index in [1.807, 2.05) is 0 Å². The molecule has 2 heteroatoms. The van der Waals surface area contributed by atoms with Crippen molar-refractivity contribution < 1.29 is 0 Å². The molecule has 0 aliphatic carbocycles. The number of aromatic nitrogens is 1. The lowest BCUT2D eigenvalue weighted by atomic mass is 9.60. The number of rotatable bonds is 1. The molecule has 1 aromatic rings. The topological polar surface area (TPSA) is 8.17 Å². The maximum atomic E-state index is 2.71. The molecule has 0 N–H and O–H groups in total. The van der Waals surface area contributed by atoms with Crippen LogP contribution in [0.1, 0.15) is 45.2 Å². The molecule has 4 rings (SSSR count). The van der Waals surface area contributed by atoms with Gasteiger partial charge in [0.2, 0.25) is 0 Å². The van der Waals surface area contributed by atoms with Crippen molar-refractivity contribution >= 4 is 0 Å². The fourth-order valence-corrected chi connectivity index (χ4v) is 4.56. The molecule has 4 unspecified atom stereocenters. The predicted octanol–water partition coefficient (Wildman–Crippen LogP) is 3.00. The minimum atomic E-state index is 0.500. The molecule has 1 aromatic heterocycles. The summed E-state index contributed by atoms with van der Waals surface area (Å²) in [6.07, 6.45) is 4.90. The summed E-state index contributed by atoms with van der Waals surface area (Å²) in [5, 5.41) is 0. The number of nitrogens with zero attached hydrogens (tertiary/aromatic N) is 2. The smallest absolute Gasteiger partial charge is 0.0223 e. The number of hydrogen-bond acceptors (Lipinski definition) is 1. The number of piperidine rings is 3. The lowest BCUT2D eigenvalue weighted by molar-refractivity contribution is -0.0642. The van der Waals surface area contributed by atoms with Crippen LogP contribution in [0.5, 0.6) is 0 Å². The maximum absolute atomic E-state index is 2.71. The molecule has 3 fully saturated rings. The molecular weight excluding hydrogens is 208 g/mol. The zero-order chi connectivity index (χ0) is 12.2. The van der Waals surface area contributed by atoms with E-state index in [4.69, 9.17) is 0 Å². The highest BCUT2D eigenvalue weighted by atomic mass is 15.2. The summed E-state index contributed by atoms with van der Waals surface area (Å²) in [5.41, 5.74) is 2.02. The summed E-state index contributed by atoms with van der Waals surface area (Å²) >= 11 is 0. The van der Waals surface area contributed by atoms with Gasteiger partial charge >= 0.3 is 0 Å². The third kappa shape index (κ3) is 1.50. The number of fused-ring (bicyclic) bond motifs is 3. The van der Waals surface area contributed by atoms with Crippen molar-refractivity contribution in [1.82, 2.24) is 9.47 Å². The van der Waals surface area contributed by atoms with Gasteiger partial charge < -0.3 is 4.57 Å². The standard InChI is InChI=1S/C15H24N2/c1-11-10-15(3)7-9-17(11)12(2)14(15)13-6-5-8-16(13)4/h5-6,8,11-12,14H,7,9-10H2,1-4H3/t11?,12-,14?,15?/m1/s1. The largest absolute Gasteiger partial charge is 0.354 e. The van der Waals surface area contributed by atoms with E-state index in [9.17, 15) is 0 Å². The summed E-state index contributed by atoms with van der Waals surface area (Å²) < 4.78 is 2.32. The highest BCUT2D eigenvalue weighted by molar-refractivity contribution is 5.22. The van der Waals surface area contributed by atoms with Gasteiger partial charge in [-0.2, -0.15) is 0 Å². The van der Waals surface area contributed by atoms with E-state index in [2.05, 4.69) is 55.6 Å². The predicted molar refractivity (Wildman–Crippen MR) is 71.1 cm³/mol. The van der Waals surface area contributed by atoms with Crippen LogP contribution in [0.25, 0.3) is 0 Å². The molecule has 0 amide bonds. The first-order chi connectivity index (χ1) is 8.03. The van der Waals surface area contributed by atoms with E-state index in [0.717, 1.165) is 6.04 Å².